The highest BCUT2D eigenvalue weighted by molar-refractivity contribution is 6.38. The maximum atomic E-state index is 11.7. The Morgan fingerprint density at radius 3 is 2.20 bits per heavy atom. The number of hydrogen-bond donors (Lipinski definition) is 0. The van der Waals surface area contributed by atoms with Crippen molar-refractivity contribution in [1.29, 1.82) is 0 Å². The summed E-state index contributed by atoms with van der Waals surface area (Å²) in [5.74, 6) is -1.40. The smallest absolute Gasteiger partial charge is 0.397 e. The number of anilines is 1. The fourth-order valence-electron chi connectivity index (χ4n) is 2.21. The van der Waals surface area contributed by atoms with E-state index in [9.17, 15) is 9.59 Å². The van der Waals surface area contributed by atoms with Crippen molar-refractivity contribution in [3.63, 3.8) is 0 Å². The Hall–Kier alpha value is -2.62. The molecule has 1 amide bonds. The quantitative estimate of drug-likeness (QED) is 0.619. The normalized spacial score (nSPS) is 15.1. The molecule has 1 heterocycles. The molecule has 1 saturated heterocycles. The SMILES string of the molecule is O=C1OCCN(c2ccc(-c3ccccc3)cc2)C1=O. The van der Waals surface area contributed by atoms with Gasteiger partial charge in [0.2, 0.25) is 0 Å². The summed E-state index contributed by atoms with van der Waals surface area (Å²) in [6.07, 6.45) is 0. The summed E-state index contributed by atoms with van der Waals surface area (Å²) in [4.78, 5) is 24.4. The molecule has 0 N–H and O–H groups in total. The molecule has 0 aliphatic carbocycles. The van der Waals surface area contributed by atoms with Crippen LogP contribution in [-0.4, -0.2) is 25.0 Å². The van der Waals surface area contributed by atoms with Crippen LogP contribution in [0.2, 0.25) is 0 Å². The maximum Gasteiger partial charge on any atom is 0.397 e. The van der Waals surface area contributed by atoms with Crippen LogP contribution in [0.1, 0.15) is 0 Å². The summed E-state index contributed by atoms with van der Waals surface area (Å²) in [6.45, 7) is 0.639. The monoisotopic (exact) mass is 267 g/mol. The zero-order chi connectivity index (χ0) is 13.9. The molecule has 1 aliphatic heterocycles. The van der Waals surface area contributed by atoms with Crippen LogP contribution in [0.5, 0.6) is 0 Å². The standard InChI is InChI=1S/C16H13NO3/c18-15-16(19)20-11-10-17(15)14-8-6-13(7-9-14)12-4-2-1-3-5-12/h1-9H,10-11H2. The third kappa shape index (κ3) is 2.28. The second-order valence-electron chi connectivity index (χ2n) is 4.51. The van der Waals surface area contributed by atoms with Crippen LogP contribution >= 0.6 is 0 Å². The van der Waals surface area contributed by atoms with Crippen molar-refractivity contribution in [1.82, 2.24) is 0 Å². The predicted octanol–water partition coefficient (Wildman–Crippen LogP) is 2.24. The van der Waals surface area contributed by atoms with E-state index in [2.05, 4.69) is 0 Å². The number of esters is 1. The van der Waals surface area contributed by atoms with E-state index in [1.807, 2.05) is 54.6 Å². The van der Waals surface area contributed by atoms with Crippen LogP contribution in [0.4, 0.5) is 5.69 Å². The van der Waals surface area contributed by atoms with Crippen molar-refractivity contribution < 1.29 is 14.3 Å². The second-order valence-corrected chi connectivity index (χ2v) is 4.51. The van der Waals surface area contributed by atoms with E-state index in [1.54, 1.807) is 0 Å². The third-order valence-electron chi connectivity index (χ3n) is 3.25. The molecule has 0 aromatic heterocycles. The van der Waals surface area contributed by atoms with Crippen molar-refractivity contribution in [2.45, 2.75) is 0 Å². The predicted molar refractivity (Wildman–Crippen MR) is 75.2 cm³/mol. The van der Waals surface area contributed by atoms with Gasteiger partial charge in [0.1, 0.15) is 6.61 Å². The van der Waals surface area contributed by atoms with Crippen LogP contribution in [-0.2, 0) is 14.3 Å². The van der Waals surface area contributed by atoms with Gasteiger partial charge in [-0.25, -0.2) is 4.79 Å². The van der Waals surface area contributed by atoms with Gasteiger partial charge >= 0.3 is 11.9 Å². The molecule has 100 valence electrons. The van der Waals surface area contributed by atoms with Gasteiger partial charge in [-0.2, -0.15) is 0 Å². The Labute approximate surface area is 116 Å². The molecule has 0 radical (unpaired) electrons. The van der Waals surface area contributed by atoms with Gasteiger partial charge in [-0.1, -0.05) is 42.5 Å². The molecule has 0 saturated carbocycles. The fraction of sp³-hybridized carbons (Fsp3) is 0.125. The molecule has 2 aromatic rings. The number of cyclic esters (lactones) is 1. The van der Waals surface area contributed by atoms with Gasteiger partial charge in [-0.3, -0.25) is 9.69 Å². The van der Waals surface area contributed by atoms with E-state index in [-0.39, 0.29) is 6.61 Å². The number of carbonyl (C=O) groups excluding carboxylic acids is 2. The number of hydrogen-bond acceptors (Lipinski definition) is 3. The minimum atomic E-state index is -0.789. The second kappa shape index (κ2) is 5.17. The number of carbonyl (C=O) groups is 2. The lowest BCUT2D eigenvalue weighted by Gasteiger charge is -2.25. The van der Waals surface area contributed by atoms with Crippen molar-refractivity contribution >= 4 is 17.6 Å². The summed E-state index contributed by atoms with van der Waals surface area (Å²) < 4.78 is 4.70. The Bertz CT molecular complexity index is 635. The fourth-order valence-corrected chi connectivity index (χ4v) is 2.21. The molecule has 4 nitrogen and oxygen atoms in total. The number of amides is 1. The highest BCUT2D eigenvalue weighted by atomic mass is 16.5. The van der Waals surface area contributed by atoms with Crippen molar-refractivity contribution in [2.75, 3.05) is 18.1 Å². The minimum Gasteiger partial charge on any atom is -0.457 e. The molecule has 20 heavy (non-hydrogen) atoms. The van der Waals surface area contributed by atoms with E-state index in [0.29, 0.717) is 12.2 Å². The maximum absolute atomic E-state index is 11.7. The molecule has 1 aliphatic rings. The molecule has 0 atom stereocenters. The summed E-state index contributed by atoms with van der Waals surface area (Å²) >= 11 is 0. The van der Waals surface area contributed by atoms with Gasteiger partial charge in [0.15, 0.2) is 0 Å². The van der Waals surface area contributed by atoms with Crippen molar-refractivity contribution in [3.05, 3.63) is 54.6 Å². The zero-order valence-corrected chi connectivity index (χ0v) is 10.8. The first-order chi connectivity index (χ1) is 9.75. The highest BCUT2D eigenvalue weighted by Gasteiger charge is 2.29. The highest BCUT2D eigenvalue weighted by Crippen LogP contribution is 2.23. The Morgan fingerprint density at radius 1 is 0.850 bits per heavy atom. The Kier molecular flexibility index (Phi) is 3.21. The van der Waals surface area contributed by atoms with Crippen LogP contribution in [0.15, 0.2) is 54.6 Å². The molecule has 0 bridgehead atoms. The Balaban J connectivity index is 1.86. The third-order valence-corrected chi connectivity index (χ3v) is 3.25. The van der Waals surface area contributed by atoms with Gasteiger partial charge in [0.25, 0.3) is 0 Å². The lowest BCUT2D eigenvalue weighted by molar-refractivity contribution is -0.156. The largest absolute Gasteiger partial charge is 0.457 e. The van der Waals surface area contributed by atoms with Gasteiger partial charge < -0.3 is 4.74 Å². The summed E-state index contributed by atoms with van der Waals surface area (Å²) in [7, 11) is 0. The first kappa shape index (κ1) is 12.4. The molecule has 3 rings (SSSR count). The number of ether oxygens (including phenoxy) is 1. The van der Waals surface area contributed by atoms with Crippen molar-refractivity contribution in [2.24, 2.45) is 0 Å². The van der Waals surface area contributed by atoms with E-state index in [0.717, 1.165) is 11.1 Å². The molecular weight excluding hydrogens is 254 g/mol. The topological polar surface area (TPSA) is 46.6 Å². The summed E-state index contributed by atoms with van der Waals surface area (Å²) in [5, 5.41) is 0. The number of benzene rings is 2. The van der Waals surface area contributed by atoms with Crippen molar-refractivity contribution in [3.8, 4) is 11.1 Å². The molecule has 0 unspecified atom stereocenters. The average Bonchev–Trinajstić information content (AvgIpc) is 2.51. The first-order valence-corrected chi connectivity index (χ1v) is 6.40. The molecule has 2 aromatic carbocycles. The number of rotatable bonds is 2. The summed E-state index contributed by atoms with van der Waals surface area (Å²) in [6, 6.07) is 17.6. The zero-order valence-electron chi connectivity index (χ0n) is 10.8. The van der Waals surface area contributed by atoms with Crippen LogP contribution in [0, 0.1) is 0 Å². The summed E-state index contributed by atoms with van der Waals surface area (Å²) in [5.41, 5.74) is 2.90. The van der Waals surface area contributed by atoms with Gasteiger partial charge in [-0.05, 0) is 23.3 Å². The van der Waals surface area contributed by atoms with Gasteiger partial charge in [-0.15, -0.1) is 0 Å². The Morgan fingerprint density at radius 2 is 1.50 bits per heavy atom. The number of morpholine rings is 1. The van der Waals surface area contributed by atoms with Crippen LogP contribution in [0.3, 0.4) is 0 Å². The van der Waals surface area contributed by atoms with E-state index in [1.165, 1.54) is 4.90 Å². The average molecular weight is 267 g/mol. The van der Waals surface area contributed by atoms with Crippen LogP contribution in [0.25, 0.3) is 11.1 Å². The first-order valence-electron chi connectivity index (χ1n) is 6.40. The van der Waals surface area contributed by atoms with E-state index in [4.69, 9.17) is 4.74 Å². The van der Waals surface area contributed by atoms with Gasteiger partial charge in [0, 0.05) is 5.69 Å². The van der Waals surface area contributed by atoms with E-state index < -0.39 is 11.9 Å². The lowest BCUT2D eigenvalue weighted by atomic mass is 10.1. The van der Waals surface area contributed by atoms with E-state index >= 15 is 0 Å². The number of nitrogens with zero attached hydrogens (tertiary/aromatic N) is 1. The molecule has 1 fully saturated rings. The van der Waals surface area contributed by atoms with Crippen LogP contribution < -0.4 is 4.90 Å². The lowest BCUT2D eigenvalue weighted by Crippen LogP contribution is -2.45. The van der Waals surface area contributed by atoms with Gasteiger partial charge in [0.05, 0.1) is 6.54 Å². The molecule has 0 spiro atoms. The minimum absolute atomic E-state index is 0.241. The molecule has 4 heteroatoms. The molecular formula is C16H13NO3.